The molecule has 0 radical (unpaired) electrons. The summed E-state index contributed by atoms with van der Waals surface area (Å²) < 4.78 is 0. The number of nitrogens with one attached hydrogen (secondary N) is 3. The predicted molar refractivity (Wildman–Crippen MR) is 141 cm³/mol. The maximum Gasteiger partial charge on any atom is 0.319 e. The summed E-state index contributed by atoms with van der Waals surface area (Å²) in [6.45, 7) is 3.88. The molecule has 4 aromatic rings. The molecule has 0 bridgehead atoms. The molecule has 35 heavy (non-hydrogen) atoms. The van der Waals surface area contributed by atoms with Gasteiger partial charge in [0.25, 0.3) is 0 Å². The van der Waals surface area contributed by atoms with E-state index in [1.807, 2.05) is 74.5 Å². The van der Waals surface area contributed by atoms with Gasteiger partial charge in [0.2, 0.25) is 11.0 Å². The van der Waals surface area contributed by atoms with Gasteiger partial charge in [0.05, 0.1) is 0 Å². The molecule has 0 aliphatic heterocycles. The van der Waals surface area contributed by atoms with Crippen molar-refractivity contribution in [1.82, 2.24) is 15.5 Å². The molecule has 0 spiro atoms. The van der Waals surface area contributed by atoms with Crippen molar-refractivity contribution in [2.45, 2.75) is 26.3 Å². The zero-order valence-electron chi connectivity index (χ0n) is 19.2. The molecule has 7 nitrogen and oxygen atoms in total. The zero-order valence-corrected chi connectivity index (χ0v) is 20.8. The third-order valence-electron chi connectivity index (χ3n) is 5.25. The van der Waals surface area contributed by atoms with Crippen LogP contribution in [-0.2, 0) is 11.2 Å². The number of hydrogen-bond donors (Lipinski definition) is 3. The predicted octanol–water partition coefficient (Wildman–Crippen LogP) is 5.85. The molecule has 178 valence electrons. The van der Waals surface area contributed by atoms with Crippen LogP contribution >= 0.6 is 22.9 Å². The van der Waals surface area contributed by atoms with Crippen LogP contribution in [-0.4, -0.2) is 28.2 Å². The number of urea groups is 1. The van der Waals surface area contributed by atoms with E-state index in [4.69, 9.17) is 11.6 Å². The number of nitrogens with zero attached hydrogens (tertiary/aromatic N) is 2. The van der Waals surface area contributed by atoms with Crippen molar-refractivity contribution in [2.24, 2.45) is 0 Å². The number of amides is 3. The van der Waals surface area contributed by atoms with E-state index >= 15 is 0 Å². The zero-order chi connectivity index (χ0) is 24.8. The van der Waals surface area contributed by atoms with Crippen LogP contribution in [0.1, 0.15) is 16.7 Å². The quantitative estimate of drug-likeness (QED) is 0.293. The molecule has 3 aromatic carbocycles. The first-order chi connectivity index (χ1) is 16.9. The van der Waals surface area contributed by atoms with Crippen molar-refractivity contribution in [3.05, 3.63) is 94.5 Å². The van der Waals surface area contributed by atoms with Crippen LogP contribution < -0.4 is 16.0 Å². The fourth-order valence-electron chi connectivity index (χ4n) is 3.42. The molecule has 3 amide bonds. The molecule has 0 aliphatic carbocycles. The Kier molecular flexibility index (Phi) is 7.74. The first-order valence-electron chi connectivity index (χ1n) is 11.0. The lowest BCUT2D eigenvalue weighted by molar-refractivity contribution is -0.117. The number of aromatic nitrogens is 2. The number of hydrogen-bond acceptors (Lipinski definition) is 5. The summed E-state index contributed by atoms with van der Waals surface area (Å²) in [5, 5.41) is 18.2. The highest BCUT2D eigenvalue weighted by Gasteiger charge is 2.23. The minimum absolute atomic E-state index is 0.304. The van der Waals surface area contributed by atoms with Crippen LogP contribution in [0, 0.1) is 13.8 Å². The SMILES string of the molecule is Cc1cccc(-c2nnc(NC(=O)C(Cc3ccccc3)NC(=O)Nc3ccc(C)c(Cl)c3)s2)c1. The molecule has 1 unspecified atom stereocenters. The molecule has 9 heteroatoms. The second-order valence-corrected chi connectivity index (χ2v) is 9.46. The monoisotopic (exact) mass is 505 g/mol. The fourth-order valence-corrected chi connectivity index (χ4v) is 4.34. The van der Waals surface area contributed by atoms with Crippen LogP contribution in [0.4, 0.5) is 15.6 Å². The van der Waals surface area contributed by atoms with Gasteiger partial charge in [-0.3, -0.25) is 10.1 Å². The number of aryl methyl sites for hydroxylation is 2. The molecule has 0 fully saturated rings. The molecule has 1 atom stereocenters. The van der Waals surface area contributed by atoms with E-state index in [0.717, 1.165) is 22.3 Å². The molecule has 0 saturated carbocycles. The van der Waals surface area contributed by atoms with Crippen molar-refractivity contribution in [2.75, 3.05) is 10.6 Å². The fraction of sp³-hybridized carbons (Fsp3) is 0.154. The maximum atomic E-state index is 13.2. The Labute approximate surface area is 212 Å². The standard InChI is InChI=1S/C26H24ClN5O2S/c1-16-7-6-10-19(13-16)24-31-32-26(35-24)30-23(33)22(14-18-8-4-3-5-9-18)29-25(34)28-20-12-11-17(2)21(27)15-20/h3-13,15,22H,14H2,1-2H3,(H2,28,29,34)(H,30,32,33). The molecule has 0 saturated heterocycles. The second-order valence-electron chi connectivity index (χ2n) is 8.08. The third-order valence-corrected chi connectivity index (χ3v) is 6.55. The third kappa shape index (κ3) is 6.65. The molecule has 1 aromatic heterocycles. The number of carbonyl (C=O) groups excluding carboxylic acids is 2. The van der Waals surface area contributed by atoms with Crippen LogP contribution in [0.15, 0.2) is 72.8 Å². The van der Waals surface area contributed by atoms with E-state index in [0.29, 0.717) is 27.3 Å². The Morgan fingerprint density at radius 1 is 0.943 bits per heavy atom. The number of halogens is 1. The van der Waals surface area contributed by atoms with Gasteiger partial charge in [0, 0.05) is 22.7 Å². The lowest BCUT2D eigenvalue weighted by atomic mass is 10.1. The Bertz CT molecular complexity index is 1340. The maximum absolute atomic E-state index is 13.2. The van der Waals surface area contributed by atoms with E-state index in [1.54, 1.807) is 12.1 Å². The molecular formula is C26H24ClN5O2S. The largest absolute Gasteiger partial charge is 0.326 e. The average Bonchev–Trinajstić information content (AvgIpc) is 3.30. The summed E-state index contributed by atoms with van der Waals surface area (Å²) in [4.78, 5) is 25.9. The Balaban J connectivity index is 1.48. The van der Waals surface area contributed by atoms with Crippen molar-refractivity contribution in [3.8, 4) is 10.6 Å². The Morgan fingerprint density at radius 3 is 2.49 bits per heavy atom. The van der Waals surface area contributed by atoms with Crippen LogP contribution in [0.25, 0.3) is 10.6 Å². The van der Waals surface area contributed by atoms with Crippen molar-refractivity contribution >= 4 is 45.7 Å². The van der Waals surface area contributed by atoms with Crippen LogP contribution in [0.5, 0.6) is 0 Å². The van der Waals surface area contributed by atoms with Crippen molar-refractivity contribution in [1.29, 1.82) is 0 Å². The highest BCUT2D eigenvalue weighted by atomic mass is 35.5. The molecule has 1 heterocycles. The molecular weight excluding hydrogens is 482 g/mol. The van der Waals surface area contributed by atoms with Gasteiger partial charge in [0.15, 0.2) is 0 Å². The van der Waals surface area contributed by atoms with Gasteiger partial charge in [-0.25, -0.2) is 4.79 Å². The number of benzene rings is 3. The first-order valence-corrected chi connectivity index (χ1v) is 12.2. The normalized spacial score (nSPS) is 11.5. The number of carbonyl (C=O) groups is 2. The highest BCUT2D eigenvalue weighted by Crippen LogP contribution is 2.27. The lowest BCUT2D eigenvalue weighted by Crippen LogP contribution is -2.46. The van der Waals surface area contributed by atoms with E-state index in [2.05, 4.69) is 26.1 Å². The van der Waals surface area contributed by atoms with Gasteiger partial charge in [-0.2, -0.15) is 0 Å². The minimum atomic E-state index is -0.843. The molecule has 0 aliphatic rings. The van der Waals surface area contributed by atoms with Crippen LogP contribution in [0.2, 0.25) is 5.02 Å². The van der Waals surface area contributed by atoms with Crippen molar-refractivity contribution in [3.63, 3.8) is 0 Å². The summed E-state index contributed by atoms with van der Waals surface area (Å²) >= 11 is 7.43. The van der Waals surface area contributed by atoms with E-state index < -0.39 is 18.0 Å². The van der Waals surface area contributed by atoms with Gasteiger partial charge in [-0.1, -0.05) is 83.1 Å². The summed E-state index contributed by atoms with van der Waals surface area (Å²) in [5.41, 5.74) is 4.38. The van der Waals surface area contributed by atoms with Gasteiger partial charge >= 0.3 is 6.03 Å². The van der Waals surface area contributed by atoms with Crippen LogP contribution in [0.3, 0.4) is 0 Å². The second kappa shape index (κ2) is 11.1. The Hall–Kier alpha value is -3.75. The van der Waals surface area contributed by atoms with Crippen molar-refractivity contribution < 1.29 is 9.59 Å². The minimum Gasteiger partial charge on any atom is -0.326 e. The smallest absolute Gasteiger partial charge is 0.319 e. The summed E-state index contributed by atoms with van der Waals surface area (Å²) in [6.07, 6.45) is 0.304. The number of anilines is 2. The van der Waals surface area contributed by atoms with Gasteiger partial charge in [-0.05, 0) is 43.2 Å². The molecule has 4 rings (SSSR count). The average molecular weight is 506 g/mol. The summed E-state index contributed by atoms with van der Waals surface area (Å²) in [5.74, 6) is -0.391. The topological polar surface area (TPSA) is 96.0 Å². The molecule has 3 N–H and O–H groups in total. The van der Waals surface area contributed by atoms with Gasteiger partial charge in [0.1, 0.15) is 11.0 Å². The van der Waals surface area contributed by atoms with E-state index in [9.17, 15) is 9.59 Å². The van der Waals surface area contributed by atoms with E-state index in [1.165, 1.54) is 11.3 Å². The van der Waals surface area contributed by atoms with E-state index in [-0.39, 0.29) is 0 Å². The summed E-state index contributed by atoms with van der Waals surface area (Å²) in [6, 6.07) is 21.2. The lowest BCUT2D eigenvalue weighted by Gasteiger charge is -2.18. The first kappa shape index (κ1) is 24.4. The summed E-state index contributed by atoms with van der Waals surface area (Å²) in [7, 11) is 0. The Morgan fingerprint density at radius 2 is 1.74 bits per heavy atom. The van der Waals surface area contributed by atoms with Gasteiger partial charge < -0.3 is 10.6 Å². The highest BCUT2D eigenvalue weighted by molar-refractivity contribution is 7.18. The van der Waals surface area contributed by atoms with Gasteiger partial charge in [-0.15, -0.1) is 10.2 Å². The number of rotatable bonds is 7.